The van der Waals surface area contributed by atoms with E-state index in [4.69, 9.17) is 14.2 Å². The molecule has 0 heterocycles. The number of methoxy groups -OCH3 is 2. The van der Waals surface area contributed by atoms with Crippen LogP contribution in [0.15, 0.2) is 0 Å². The standard InChI is InChI=1S/C13H28O3/c1-7-13(4,9-10-14-5)16-11-8-12(2,3)15-6/h7-11H2,1-6H3. The average molecular weight is 232 g/mol. The summed E-state index contributed by atoms with van der Waals surface area (Å²) >= 11 is 0. The third kappa shape index (κ3) is 6.46. The van der Waals surface area contributed by atoms with Gasteiger partial charge in [-0.1, -0.05) is 6.92 Å². The van der Waals surface area contributed by atoms with Crippen LogP contribution in [0.2, 0.25) is 0 Å². The van der Waals surface area contributed by atoms with Crippen molar-refractivity contribution >= 4 is 0 Å². The molecule has 0 aliphatic heterocycles. The Kier molecular flexibility index (Phi) is 7.20. The molecule has 0 aromatic carbocycles. The highest BCUT2D eigenvalue weighted by atomic mass is 16.5. The lowest BCUT2D eigenvalue weighted by molar-refractivity contribution is -0.0785. The van der Waals surface area contributed by atoms with E-state index >= 15 is 0 Å². The maximum absolute atomic E-state index is 5.96. The lowest BCUT2D eigenvalue weighted by atomic mass is 9.99. The molecule has 0 saturated heterocycles. The highest BCUT2D eigenvalue weighted by molar-refractivity contribution is 4.74. The molecule has 3 nitrogen and oxygen atoms in total. The predicted molar refractivity (Wildman–Crippen MR) is 66.8 cm³/mol. The highest BCUT2D eigenvalue weighted by Crippen LogP contribution is 2.22. The largest absolute Gasteiger partial charge is 0.385 e. The van der Waals surface area contributed by atoms with E-state index in [9.17, 15) is 0 Å². The number of rotatable bonds is 9. The Morgan fingerprint density at radius 3 is 2.00 bits per heavy atom. The van der Waals surface area contributed by atoms with Crippen LogP contribution in [0, 0.1) is 0 Å². The first-order valence-corrected chi connectivity index (χ1v) is 6.07. The fourth-order valence-corrected chi connectivity index (χ4v) is 1.31. The minimum atomic E-state index is -0.101. The SMILES string of the molecule is CCC(C)(CCOC)OCCC(C)(C)OC. The third-order valence-electron chi connectivity index (χ3n) is 3.29. The van der Waals surface area contributed by atoms with E-state index in [1.165, 1.54) is 0 Å². The first-order chi connectivity index (χ1) is 7.39. The summed E-state index contributed by atoms with van der Waals surface area (Å²) in [7, 11) is 3.47. The summed E-state index contributed by atoms with van der Waals surface area (Å²) in [6.45, 7) is 9.93. The van der Waals surface area contributed by atoms with Crippen LogP contribution >= 0.6 is 0 Å². The summed E-state index contributed by atoms with van der Waals surface area (Å²) in [5.74, 6) is 0. The van der Waals surface area contributed by atoms with Gasteiger partial charge >= 0.3 is 0 Å². The summed E-state index contributed by atoms with van der Waals surface area (Å²) in [5, 5.41) is 0. The van der Waals surface area contributed by atoms with E-state index in [1.54, 1.807) is 14.2 Å². The van der Waals surface area contributed by atoms with E-state index in [-0.39, 0.29) is 11.2 Å². The van der Waals surface area contributed by atoms with Crippen LogP contribution in [-0.2, 0) is 14.2 Å². The normalized spacial score (nSPS) is 16.1. The van der Waals surface area contributed by atoms with Gasteiger partial charge in [-0.3, -0.25) is 0 Å². The minimum Gasteiger partial charge on any atom is -0.385 e. The van der Waals surface area contributed by atoms with E-state index in [0.29, 0.717) is 0 Å². The van der Waals surface area contributed by atoms with Gasteiger partial charge in [-0.15, -0.1) is 0 Å². The van der Waals surface area contributed by atoms with Gasteiger partial charge in [-0.2, -0.15) is 0 Å². The Morgan fingerprint density at radius 1 is 0.938 bits per heavy atom. The number of hydrogen-bond donors (Lipinski definition) is 0. The Labute approximate surface area is 100 Å². The van der Waals surface area contributed by atoms with Gasteiger partial charge < -0.3 is 14.2 Å². The molecule has 0 aromatic rings. The van der Waals surface area contributed by atoms with Crippen LogP contribution in [0.5, 0.6) is 0 Å². The van der Waals surface area contributed by atoms with Crippen molar-refractivity contribution < 1.29 is 14.2 Å². The van der Waals surface area contributed by atoms with Crippen molar-refractivity contribution in [2.24, 2.45) is 0 Å². The number of hydrogen-bond acceptors (Lipinski definition) is 3. The second-order valence-electron chi connectivity index (χ2n) is 5.11. The lowest BCUT2D eigenvalue weighted by Gasteiger charge is -2.31. The molecule has 0 bridgehead atoms. The first-order valence-electron chi connectivity index (χ1n) is 6.07. The zero-order valence-electron chi connectivity index (χ0n) is 11.8. The lowest BCUT2D eigenvalue weighted by Crippen LogP contribution is -2.33. The van der Waals surface area contributed by atoms with Crippen LogP contribution in [0.4, 0.5) is 0 Å². The Balaban J connectivity index is 3.94. The van der Waals surface area contributed by atoms with Gasteiger partial charge in [-0.05, 0) is 40.0 Å². The van der Waals surface area contributed by atoms with Crippen LogP contribution in [0.25, 0.3) is 0 Å². The molecule has 0 spiro atoms. The van der Waals surface area contributed by atoms with Crippen LogP contribution in [0.3, 0.4) is 0 Å². The van der Waals surface area contributed by atoms with Crippen molar-refractivity contribution in [2.45, 2.75) is 58.2 Å². The number of ether oxygens (including phenoxy) is 3. The zero-order chi connectivity index (χ0) is 12.7. The molecule has 1 atom stereocenters. The Morgan fingerprint density at radius 2 is 1.56 bits per heavy atom. The quantitative estimate of drug-likeness (QED) is 0.611. The van der Waals surface area contributed by atoms with Gasteiger partial charge in [0, 0.05) is 20.8 Å². The summed E-state index contributed by atoms with van der Waals surface area (Å²) < 4.78 is 16.4. The molecule has 0 N–H and O–H groups in total. The molecule has 98 valence electrons. The average Bonchev–Trinajstić information content (AvgIpc) is 2.26. The second-order valence-corrected chi connectivity index (χ2v) is 5.11. The molecule has 0 amide bonds. The maximum atomic E-state index is 5.96. The Hall–Kier alpha value is -0.120. The van der Waals surface area contributed by atoms with Crippen molar-refractivity contribution in [1.82, 2.24) is 0 Å². The van der Waals surface area contributed by atoms with Crippen LogP contribution in [0.1, 0.15) is 47.0 Å². The van der Waals surface area contributed by atoms with E-state index < -0.39 is 0 Å². The molecule has 0 aliphatic carbocycles. The molecular formula is C13H28O3. The molecule has 0 saturated carbocycles. The molecule has 16 heavy (non-hydrogen) atoms. The Bertz CT molecular complexity index is 180. The van der Waals surface area contributed by atoms with Gasteiger partial charge in [0.05, 0.1) is 17.8 Å². The van der Waals surface area contributed by atoms with E-state index in [1.807, 2.05) is 0 Å². The molecule has 0 aliphatic rings. The summed E-state index contributed by atoms with van der Waals surface area (Å²) in [5.41, 5.74) is -0.171. The zero-order valence-corrected chi connectivity index (χ0v) is 11.8. The van der Waals surface area contributed by atoms with Gasteiger partial charge in [0.15, 0.2) is 0 Å². The van der Waals surface area contributed by atoms with Crippen molar-refractivity contribution in [3.8, 4) is 0 Å². The van der Waals surface area contributed by atoms with Gasteiger partial charge in [0.25, 0.3) is 0 Å². The molecule has 0 radical (unpaired) electrons. The monoisotopic (exact) mass is 232 g/mol. The maximum Gasteiger partial charge on any atom is 0.0673 e. The third-order valence-corrected chi connectivity index (χ3v) is 3.29. The van der Waals surface area contributed by atoms with E-state index in [0.717, 1.165) is 32.5 Å². The molecule has 0 aromatic heterocycles. The van der Waals surface area contributed by atoms with Crippen LogP contribution < -0.4 is 0 Å². The van der Waals surface area contributed by atoms with Crippen molar-refractivity contribution in [3.05, 3.63) is 0 Å². The fourth-order valence-electron chi connectivity index (χ4n) is 1.31. The van der Waals surface area contributed by atoms with Gasteiger partial charge in [-0.25, -0.2) is 0 Å². The fraction of sp³-hybridized carbons (Fsp3) is 1.00. The van der Waals surface area contributed by atoms with Crippen molar-refractivity contribution in [1.29, 1.82) is 0 Å². The van der Waals surface area contributed by atoms with Crippen molar-refractivity contribution in [2.75, 3.05) is 27.4 Å². The smallest absolute Gasteiger partial charge is 0.0673 e. The van der Waals surface area contributed by atoms with Crippen LogP contribution in [-0.4, -0.2) is 38.6 Å². The van der Waals surface area contributed by atoms with E-state index in [2.05, 4.69) is 27.7 Å². The molecule has 3 heteroatoms. The van der Waals surface area contributed by atoms with Gasteiger partial charge in [0.2, 0.25) is 0 Å². The second kappa shape index (κ2) is 7.25. The highest BCUT2D eigenvalue weighted by Gasteiger charge is 2.24. The van der Waals surface area contributed by atoms with Crippen molar-refractivity contribution in [3.63, 3.8) is 0 Å². The summed E-state index contributed by atoms with van der Waals surface area (Å²) in [6, 6.07) is 0. The first kappa shape index (κ1) is 15.9. The molecule has 0 fully saturated rings. The molecular weight excluding hydrogens is 204 g/mol. The molecule has 1 unspecified atom stereocenters. The summed E-state index contributed by atoms with van der Waals surface area (Å²) in [4.78, 5) is 0. The van der Waals surface area contributed by atoms with Gasteiger partial charge in [0.1, 0.15) is 0 Å². The minimum absolute atomic E-state index is 0.0696. The predicted octanol–water partition coefficient (Wildman–Crippen LogP) is 3.02. The molecule has 0 rings (SSSR count). The topological polar surface area (TPSA) is 27.7 Å². The summed E-state index contributed by atoms with van der Waals surface area (Å²) in [6.07, 6.45) is 2.85.